The summed E-state index contributed by atoms with van der Waals surface area (Å²) in [5.74, 6) is 2.41. The van der Waals surface area contributed by atoms with Crippen molar-refractivity contribution >= 4 is 5.91 Å². The number of rotatable bonds is 3. The fourth-order valence-electron chi connectivity index (χ4n) is 3.83. The van der Waals surface area contributed by atoms with Gasteiger partial charge in [-0.15, -0.1) is 0 Å². The van der Waals surface area contributed by atoms with Gasteiger partial charge in [-0.3, -0.25) is 9.48 Å². The molecule has 2 saturated carbocycles. The van der Waals surface area contributed by atoms with Crippen LogP contribution in [-0.2, 0) is 7.05 Å². The largest absolute Gasteiger partial charge is 0.348 e. The highest BCUT2D eigenvalue weighted by molar-refractivity contribution is 5.92. The first-order valence-corrected chi connectivity index (χ1v) is 6.94. The lowest BCUT2D eigenvalue weighted by Crippen LogP contribution is -2.40. The average molecular weight is 247 g/mol. The lowest BCUT2D eigenvalue weighted by Gasteiger charge is -2.28. The first-order valence-electron chi connectivity index (χ1n) is 6.94. The van der Waals surface area contributed by atoms with E-state index in [0.717, 1.165) is 11.8 Å². The standard InChI is InChI=1S/C14H21N3O/c1-9(12-8-10-3-4-11(12)7-10)15-14(18)13-5-6-17(2)16-13/h5-6,9-12H,3-4,7-8H2,1-2H3,(H,15,18)/t9-,10+,11+,12-/m0/s1. The summed E-state index contributed by atoms with van der Waals surface area (Å²) in [5.41, 5.74) is 0.521. The third-order valence-corrected chi connectivity index (χ3v) is 4.74. The van der Waals surface area contributed by atoms with Gasteiger partial charge in [0, 0.05) is 19.3 Å². The summed E-state index contributed by atoms with van der Waals surface area (Å²) in [6, 6.07) is 2.04. The number of aryl methyl sites for hydroxylation is 1. The Bertz CT molecular complexity index is 454. The van der Waals surface area contributed by atoms with Gasteiger partial charge in [-0.2, -0.15) is 5.10 Å². The molecule has 0 aliphatic heterocycles. The topological polar surface area (TPSA) is 46.9 Å². The molecule has 1 aromatic heterocycles. The van der Waals surface area contributed by atoms with E-state index in [1.807, 2.05) is 7.05 Å². The number of fused-ring (bicyclic) bond motifs is 2. The van der Waals surface area contributed by atoms with Crippen LogP contribution in [0, 0.1) is 17.8 Å². The van der Waals surface area contributed by atoms with E-state index in [-0.39, 0.29) is 11.9 Å². The molecule has 1 aromatic rings. The molecule has 98 valence electrons. The third kappa shape index (κ3) is 2.04. The van der Waals surface area contributed by atoms with Crippen molar-refractivity contribution in [2.75, 3.05) is 0 Å². The van der Waals surface area contributed by atoms with Crippen LogP contribution in [0.3, 0.4) is 0 Å². The maximum atomic E-state index is 12.0. The highest BCUT2D eigenvalue weighted by atomic mass is 16.2. The Kier molecular flexibility index (Phi) is 2.88. The number of aromatic nitrogens is 2. The Balaban J connectivity index is 1.61. The molecule has 2 aliphatic rings. The Morgan fingerprint density at radius 2 is 2.33 bits per heavy atom. The number of hydrogen-bond acceptors (Lipinski definition) is 2. The van der Waals surface area contributed by atoms with Crippen molar-refractivity contribution in [1.29, 1.82) is 0 Å². The molecule has 1 heterocycles. The summed E-state index contributed by atoms with van der Waals surface area (Å²) in [7, 11) is 1.83. The molecule has 1 amide bonds. The van der Waals surface area contributed by atoms with E-state index in [0.29, 0.717) is 11.6 Å². The van der Waals surface area contributed by atoms with Crippen LogP contribution in [0.15, 0.2) is 12.3 Å². The zero-order valence-electron chi connectivity index (χ0n) is 11.1. The van der Waals surface area contributed by atoms with E-state index < -0.39 is 0 Å². The van der Waals surface area contributed by atoms with Crippen LogP contribution in [-0.4, -0.2) is 21.7 Å². The number of nitrogens with zero attached hydrogens (tertiary/aromatic N) is 2. The molecular formula is C14H21N3O. The highest BCUT2D eigenvalue weighted by Crippen LogP contribution is 2.49. The minimum atomic E-state index is -0.0362. The quantitative estimate of drug-likeness (QED) is 0.887. The molecule has 3 rings (SSSR count). The van der Waals surface area contributed by atoms with E-state index >= 15 is 0 Å². The van der Waals surface area contributed by atoms with E-state index in [4.69, 9.17) is 0 Å². The highest BCUT2D eigenvalue weighted by Gasteiger charge is 2.42. The fourth-order valence-corrected chi connectivity index (χ4v) is 3.83. The Morgan fingerprint density at radius 3 is 2.89 bits per heavy atom. The summed E-state index contributed by atoms with van der Waals surface area (Å²) >= 11 is 0. The maximum Gasteiger partial charge on any atom is 0.271 e. The molecular weight excluding hydrogens is 226 g/mol. The lowest BCUT2D eigenvalue weighted by atomic mass is 9.84. The molecule has 0 spiro atoms. The van der Waals surface area contributed by atoms with Crippen molar-refractivity contribution in [3.63, 3.8) is 0 Å². The van der Waals surface area contributed by atoms with E-state index in [2.05, 4.69) is 17.3 Å². The first-order chi connectivity index (χ1) is 8.63. The second-order valence-corrected chi connectivity index (χ2v) is 5.98. The summed E-state index contributed by atoms with van der Waals surface area (Å²) in [6.07, 6.45) is 7.25. The van der Waals surface area contributed by atoms with Gasteiger partial charge in [0.05, 0.1) is 0 Å². The fraction of sp³-hybridized carbons (Fsp3) is 0.714. The Morgan fingerprint density at radius 1 is 1.50 bits per heavy atom. The van der Waals surface area contributed by atoms with Crippen LogP contribution in [0.5, 0.6) is 0 Å². The van der Waals surface area contributed by atoms with Gasteiger partial charge >= 0.3 is 0 Å². The molecule has 2 fully saturated rings. The van der Waals surface area contributed by atoms with Gasteiger partial charge in [0.15, 0.2) is 0 Å². The van der Waals surface area contributed by atoms with Crippen molar-refractivity contribution in [2.24, 2.45) is 24.8 Å². The zero-order chi connectivity index (χ0) is 12.7. The molecule has 0 unspecified atom stereocenters. The van der Waals surface area contributed by atoms with Gasteiger partial charge in [0.25, 0.3) is 5.91 Å². The third-order valence-electron chi connectivity index (χ3n) is 4.74. The number of carbonyl (C=O) groups is 1. The van der Waals surface area contributed by atoms with Crippen molar-refractivity contribution in [1.82, 2.24) is 15.1 Å². The minimum Gasteiger partial charge on any atom is -0.348 e. The Hall–Kier alpha value is -1.32. The van der Waals surface area contributed by atoms with Crippen LogP contribution in [0.2, 0.25) is 0 Å². The van der Waals surface area contributed by atoms with E-state index in [9.17, 15) is 4.79 Å². The summed E-state index contributed by atoms with van der Waals surface area (Å²) < 4.78 is 1.66. The number of hydrogen-bond donors (Lipinski definition) is 1. The molecule has 4 atom stereocenters. The normalized spacial score (nSPS) is 31.6. The van der Waals surface area contributed by atoms with Crippen LogP contribution in [0.25, 0.3) is 0 Å². The number of amides is 1. The molecule has 0 saturated heterocycles. The zero-order valence-corrected chi connectivity index (χ0v) is 11.1. The summed E-state index contributed by atoms with van der Waals surface area (Å²) in [4.78, 5) is 12.0. The first kappa shape index (κ1) is 11.8. The lowest BCUT2D eigenvalue weighted by molar-refractivity contribution is 0.0909. The average Bonchev–Trinajstić information content (AvgIpc) is 3.03. The van der Waals surface area contributed by atoms with Crippen molar-refractivity contribution in [2.45, 2.75) is 38.6 Å². The van der Waals surface area contributed by atoms with Crippen LogP contribution >= 0.6 is 0 Å². The van der Waals surface area contributed by atoms with Gasteiger partial charge < -0.3 is 5.32 Å². The predicted molar refractivity (Wildman–Crippen MR) is 69.1 cm³/mol. The van der Waals surface area contributed by atoms with Crippen molar-refractivity contribution in [3.05, 3.63) is 18.0 Å². The van der Waals surface area contributed by atoms with Gasteiger partial charge in [-0.25, -0.2) is 0 Å². The summed E-state index contributed by atoms with van der Waals surface area (Å²) in [5, 5.41) is 7.26. The second kappa shape index (κ2) is 4.41. The smallest absolute Gasteiger partial charge is 0.271 e. The molecule has 0 radical (unpaired) electrons. The van der Waals surface area contributed by atoms with Gasteiger partial charge in [0.2, 0.25) is 0 Å². The number of carbonyl (C=O) groups excluding carboxylic acids is 1. The Labute approximate surface area is 108 Å². The molecule has 4 nitrogen and oxygen atoms in total. The molecule has 1 N–H and O–H groups in total. The molecule has 4 heteroatoms. The van der Waals surface area contributed by atoms with E-state index in [1.165, 1.54) is 25.7 Å². The van der Waals surface area contributed by atoms with Crippen LogP contribution < -0.4 is 5.32 Å². The monoisotopic (exact) mass is 247 g/mol. The van der Waals surface area contributed by atoms with Gasteiger partial charge in [0.1, 0.15) is 5.69 Å². The van der Waals surface area contributed by atoms with E-state index in [1.54, 1.807) is 16.9 Å². The minimum absolute atomic E-state index is 0.0362. The second-order valence-electron chi connectivity index (χ2n) is 5.98. The maximum absolute atomic E-state index is 12.0. The van der Waals surface area contributed by atoms with Crippen LogP contribution in [0.1, 0.15) is 43.1 Å². The molecule has 0 aromatic carbocycles. The number of nitrogens with one attached hydrogen (secondary N) is 1. The summed E-state index contributed by atoms with van der Waals surface area (Å²) in [6.45, 7) is 2.15. The van der Waals surface area contributed by atoms with Gasteiger partial charge in [-0.1, -0.05) is 6.42 Å². The molecule has 2 bridgehead atoms. The SMILES string of the molecule is C[C@H](NC(=O)c1ccn(C)n1)[C@@H]1C[C@@H]2CC[C@@H]1C2. The van der Waals surface area contributed by atoms with Crippen LogP contribution in [0.4, 0.5) is 0 Å². The molecule has 2 aliphatic carbocycles. The van der Waals surface area contributed by atoms with Gasteiger partial charge in [-0.05, 0) is 50.0 Å². The van der Waals surface area contributed by atoms with Crippen molar-refractivity contribution < 1.29 is 4.79 Å². The van der Waals surface area contributed by atoms with Crippen molar-refractivity contribution in [3.8, 4) is 0 Å². The predicted octanol–water partition coefficient (Wildman–Crippen LogP) is 1.97. The molecule has 18 heavy (non-hydrogen) atoms.